The highest BCUT2D eigenvalue weighted by atomic mass is 16.8. The highest BCUT2D eigenvalue weighted by molar-refractivity contribution is 5.87. The first-order chi connectivity index (χ1) is 19.9. The summed E-state index contributed by atoms with van der Waals surface area (Å²) in [6, 6.07) is 3.10. The van der Waals surface area contributed by atoms with Crippen molar-refractivity contribution < 1.29 is 78.1 Å². The second-order valence-electron chi connectivity index (χ2n) is 9.38. The number of aliphatic hydroxyl groups is 6. The number of carbonyl (C=O) groups excluding carboxylic acids is 2. The van der Waals surface area contributed by atoms with Crippen molar-refractivity contribution in [2.24, 2.45) is 0 Å². The monoisotopic (exact) mass is 604 g/mol. The molecule has 3 rings (SSSR count). The Labute approximate surface area is 240 Å². The van der Waals surface area contributed by atoms with E-state index in [9.17, 15) is 40.2 Å². The zero-order valence-electron chi connectivity index (χ0n) is 23.3. The van der Waals surface area contributed by atoms with Gasteiger partial charge in [0, 0.05) is 13.0 Å². The third kappa shape index (κ3) is 7.11. The van der Waals surface area contributed by atoms with Crippen molar-refractivity contribution in [3.05, 3.63) is 23.8 Å². The summed E-state index contributed by atoms with van der Waals surface area (Å²) in [6.07, 6.45) is -11.3. The number of aliphatic hydroxyl groups excluding tert-OH is 6. The number of methoxy groups -OCH3 is 3. The summed E-state index contributed by atoms with van der Waals surface area (Å²) < 4.78 is 42.6. The maximum atomic E-state index is 12.8. The summed E-state index contributed by atoms with van der Waals surface area (Å²) >= 11 is 0. The van der Waals surface area contributed by atoms with Gasteiger partial charge in [0.1, 0.15) is 49.8 Å². The number of esters is 2. The van der Waals surface area contributed by atoms with Crippen LogP contribution < -0.4 is 14.2 Å². The van der Waals surface area contributed by atoms with Gasteiger partial charge < -0.3 is 68.5 Å². The summed E-state index contributed by atoms with van der Waals surface area (Å²) in [4.78, 5) is 24.0. The van der Waals surface area contributed by atoms with Gasteiger partial charge in [0.15, 0.2) is 23.9 Å². The molecule has 0 aromatic heterocycles. The average molecular weight is 605 g/mol. The molecule has 16 nitrogen and oxygen atoms in total. The van der Waals surface area contributed by atoms with Gasteiger partial charge in [-0.1, -0.05) is 0 Å². The number of carbonyl (C=O) groups is 2. The van der Waals surface area contributed by atoms with Gasteiger partial charge in [0.2, 0.25) is 11.5 Å². The predicted octanol–water partition coefficient (Wildman–Crippen LogP) is -2.53. The summed E-state index contributed by atoms with van der Waals surface area (Å²) in [5.41, 5.74) is 0.438. The van der Waals surface area contributed by atoms with Crippen molar-refractivity contribution in [3.63, 3.8) is 0 Å². The van der Waals surface area contributed by atoms with Crippen LogP contribution >= 0.6 is 0 Å². The Morgan fingerprint density at radius 2 is 1.57 bits per heavy atom. The third-order valence-electron chi connectivity index (χ3n) is 6.65. The molecule has 2 heterocycles. The molecule has 2 saturated heterocycles. The lowest BCUT2D eigenvalue weighted by atomic mass is 9.99. The van der Waals surface area contributed by atoms with Gasteiger partial charge in [-0.2, -0.15) is 0 Å². The van der Waals surface area contributed by atoms with Crippen LogP contribution in [0, 0.1) is 0 Å². The molecule has 6 N–H and O–H groups in total. The molecule has 1 aromatic carbocycles. The SMILES string of the molecule is COc1cc(/C=C/C(=O)O[C@@H]2[C@H](O)[C@@H](CO)O[C@@]2(CO)O[C@H]2O[C@H](COC(C)=O)[C@@H](O)[C@H](O)[C@H]2O)cc(OC)c1OC. The first-order valence-corrected chi connectivity index (χ1v) is 12.7. The Bertz CT molecular complexity index is 1080. The molecule has 2 fully saturated rings. The van der Waals surface area contributed by atoms with Crippen molar-refractivity contribution >= 4 is 18.0 Å². The first-order valence-electron chi connectivity index (χ1n) is 12.7. The van der Waals surface area contributed by atoms with E-state index >= 15 is 0 Å². The minimum absolute atomic E-state index is 0.313. The second-order valence-corrected chi connectivity index (χ2v) is 9.38. The fourth-order valence-electron chi connectivity index (χ4n) is 4.49. The molecule has 0 radical (unpaired) electrons. The minimum Gasteiger partial charge on any atom is -0.493 e. The molecule has 0 bridgehead atoms. The Morgan fingerprint density at radius 1 is 0.929 bits per heavy atom. The molecule has 9 atom stereocenters. The topological polar surface area (TPSA) is 229 Å². The van der Waals surface area contributed by atoms with Crippen LogP contribution in [0.3, 0.4) is 0 Å². The molecular formula is C26H36O16. The quantitative estimate of drug-likeness (QED) is 0.107. The number of benzene rings is 1. The zero-order valence-corrected chi connectivity index (χ0v) is 23.3. The normalized spacial score (nSPS) is 32.9. The predicted molar refractivity (Wildman–Crippen MR) is 137 cm³/mol. The van der Waals surface area contributed by atoms with Crippen LogP contribution in [0.5, 0.6) is 17.2 Å². The largest absolute Gasteiger partial charge is 0.493 e. The van der Waals surface area contributed by atoms with Crippen LogP contribution in [0.1, 0.15) is 12.5 Å². The molecule has 0 spiro atoms. The average Bonchev–Trinajstić information content (AvgIpc) is 3.24. The second kappa shape index (κ2) is 14.4. The summed E-state index contributed by atoms with van der Waals surface area (Å²) in [5, 5.41) is 61.8. The number of hydrogen-bond acceptors (Lipinski definition) is 16. The Balaban J connectivity index is 1.84. The van der Waals surface area contributed by atoms with Crippen molar-refractivity contribution in [1.82, 2.24) is 0 Å². The third-order valence-corrected chi connectivity index (χ3v) is 6.65. The molecule has 0 saturated carbocycles. The van der Waals surface area contributed by atoms with E-state index in [0.29, 0.717) is 22.8 Å². The van der Waals surface area contributed by atoms with Crippen molar-refractivity contribution in [1.29, 1.82) is 0 Å². The lowest BCUT2D eigenvalue weighted by Gasteiger charge is -2.43. The molecule has 16 heteroatoms. The highest BCUT2D eigenvalue weighted by Gasteiger charge is 2.60. The van der Waals surface area contributed by atoms with Crippen LogP contribution in [0.4, 0.5) is 0 Å². The Morgan fingerprint density at radius 3 is 2.10 bits per heavy atom. The molecule has 0 aliphatic carbocycles. The molecule has 2 aliphatic rings. The molecule has 0 unspecified atom stereocenters. The molecule has 1 aromatic rings. The molecule has 2 aliphatic heterocycles. The van der Waals surface area contributed by atoms with Gasteiger partial charge in [-0.25, -0.2) is 4.79 Å². The summed E-state index contributed by atoms with van der Waals surface area (Å²) in [5.74, 6) is -3.21. The van der Waals surface area contributed by atoms with Gasteiger partial charge in [-0.15, -0.1) is 0 Å². The standard InChI is InChI=1S/C26H36O16/c1-12(29)38-10-17-19(31)21(33)22(34)25(39-17)42-26(11-28)24(20(32)16(9-27)41-26)40-18(30)6-5-13-7-14(35-2)23(37-4)15(8-13)36-3/h5-8,16-17,19-22,24-25,27-28,31-34H,9-11H2,1-4H3/b6-5+/t16-,17-,19-,20-,21+,22-,24-,25-,26+/m1/s1. The van der Waals surface area contributed by atoms with Crippen molar-refractivity contribution in [2.75, 3.05) is 41.2 Å². The maximum Gasteiger partial charge on any atom is 0.331 e. The van der Waals surface area contributed by atoms with Crippen LogP contribution in [0.2, 0.25) is 0 Å². The van der Waals surface area contributed by atoms with Gasteiger partial charge in [-0.3, -0.25) is 4.79 Å². The van der Waals surface area contributed by atoms with E-state index in [1.807, 2.05) is 0 Å². The fourth-order valence-corrected chi connectivity index (χ4v) is 4.49. The summed E-state index contributed by atoms with van der Waals surface area (Å²) in [6.45, 7) is -1.30. The van der Waals surface area contributed by atoms with E-state index in [2.05, 4.69) is 0 Å². The summed E-state index contributed by atoms with van der Waals surface area (Å²) in [7, 11) is 4.26. The van der Waals surface area contributed by atoms with E-state index in [-0.39, 0.29) is 0 Å². The zero-order chi connectivity index (χ0) is 31.2. The van der Waals surface area contributed by atoms with Crippen LogP contribution in [-0.4, -0.2) is 139 Å². The lowest BCUT2D eigenvalue weighted by molar-refractivity contribution is -0.383. The highest BCUT2D eigenvalue weighted by Crippen LogP contribution is 2.39. The Kier molecular flexibility index (Phi) is 11.5. The number of hydrogen-bond donors (Lipinski definition) is 6. The van der Waals surface area contributed by atoms with Gasteiger partial charge in [0.25, 0.3) is 0 Å². The Hall–Kier alpha value is -3.06. The smallest absolute Gasteiger partial charge is 0.331 e. The van der Waals surface area contributed by atoms with Crippen LogP contribution in [-0.2, 0) is 33.3 Å². The van der Waals surface area contributed by atoms with Crippen molar-refractivity contribution in [3.8, 4) is 17.2 Å². The van der Waals surface area contributed by atoms with Gasteiger partial charge in [-0.05, 0) is 23.8 Å². The van der Waals surface area contributed by atoms with Crippen LogP contribution in [0.25, 0.3) is 6.08 Å². The fraction of sp³-hybridized carbons (Fsp3) is 0.615. The van der Waals surface area contributed by atoms with Gasteiger partial charge >= 0.3 is 11.9 Å². The number of ether oxygens (including phenoxy) is 8. The first kappa shape index (κ1) is 33.4. The molecular weight excluding hydrogens is 568 g/mol. The van der Waals surface area contributed by atoms with E-state index in [4.69, 9.17) is 37.9 Å². The minimum atomic E-state index is -2.41. The van der Waals surface area contributed by atoms with E-state index < -0.39 is 86.6 Å². The van der Waals surface area contributed by atoms with Gasteiger partial charge in [0.05, 0.1) is 27.9 Å². The van der Waals surface area contributed by atoms with Crippen molar-refractivity contribution in [2.45, 2.75) is 61.7 Å². The number of rotatable bonds is 12. The molecule has 236 valence electrons. The van der Waals surface area contributed by atoms with E-state index in [1.165, 1.54) is 27.4 Å². The van der Waals surface area contributed by atoms with E-state index in [0.717, 1.165) is 13.0 Å². The molecule has 0 amide bonds. The maximum absolute atomic E-state index is 12.8. The molecule has 42 heavy (non-hydrogen) atoms. The van der Waals surface area contributed by atoms with E-state index in [1.54, 1.807) is 12.1 Å². The van der Waals surface area contributed by atoms with Crippen LogP contribution in [0.15, 0.2) is 18.2 Å². The lowest BCUT2D eigenvalue weighted by Crippen LogP contribution is -2.63.